The fourth-order valence-corrected chi connectivity index (χ4v) is 3.95. The monoisotopic (exact) mass is 427 g/mol. The summed E-state index contributed by atoms with van der Waals surface area (Å²) in [6, 6.07) is 7.74. The van der Waals surface area contributed by atoms with Gasteiger partial charge in [-0.05, 0) is 55.2 Å². The molecule has 1 aromatic rings. The van der Waals surface area contributed by atoms with Crippen LogP contribution in [0.2, 0.25) is 0 Å². The number of hydrogen-bond acceptors (Lipinski definition) is 3. The van der Waals surface area contributed by atoms with Gasteiger partial charge in [-0.2, -0.15) is 0 Å². The molecule has 1 aliphatic rings. The van der Waals surface area contributed by atoms with E-state index in [0.29, 0.717) is 25.7 Å². The highest BCUT2D eigenvalue weighted by atomic mass is 16.4. The number of carboxylic acid groups (broad SMARTS) is 1. The molecule has 31 heavy (non-hydrogen) atoms. The topological polar surface area (TPSA) is 77.8 Å². The first-order chi connectivity index (χ1) is 14.7. The number of aliphatic carboxylic acids is 1. The molecule has 2 N–H and O–H groups in total. The maximum Gasteiger partial charge on any atom is 0.303 e. The number of unbranched alkanes of at least 4 members (excludes halogenated alkanes) is 1. The number of rotatable bonds is 9. The Bertz CT molecular complexity index is 782. The number of nitrogens with zero attached hydrogens (tertiary/aromatic N) is 1. The third-order valence-corrected chi connectivity index (χ3v) is 5.68. The minimum Gasteiger partial charge on any atom is -0.481 e. The zero-order chi connectivity index (χ0) is 22.9. The minimum atomic E-state index is -0.798. The molecular formula is C26H37NO4. The smallest absolute Gasteiger partial charge is 0.303 e. The van der Waals surface area contributed by atoms with Gasteiger partial charge in [0.15, 0.2) is 0 Å². The van der Waals surface area contributed by atoms with Crippen molar-refractivity contribution in [3.8, 4) is 11.8 Å². The van der Waals surface area contributed by atoms with Gasteiger partial charge in [-0.1, -0.05) is 39.3 Å². The number of amides is 1. The molecule has 1 heterocycles. The minimum absolute atomic E-state index is 0.0378. The Morgan fingerprint density at radius 2 is 1.90 bits per heavy atom. The number of aliphatic hydroxyl groups is 1. The molecule has 1 aliphatic heterocycles. The van der Waals surface area contributed by atoms with E-state index in [9.17, 15) is 14.7 Å². The molecule has 0 saturated carbocycles. The predicted octanol–water partition coefficient (Wildman–Crippen LogP) is 5.47. The molecule has 5 nitrogen and oxygen atoms in total. The molecular weight excluding hydrogens is 390 g/mol. The van der Waals surface area contributed by atoms with E-state index in [2.05, 4.69) is 32.6 Å². The molecule has 1 fully saturated rings. The molecule has 1 saturated heterocycles. The average Bonchev–Trinajstić information content (AvgIpc) is 2.69. The number of carboxylic acids is 1. The maximum atomic E-state index is 12.6. The fraction of sp³-hybridized carbons (Fsp3) is 0.615. The van der Waals surface area contributed by atoms with Crippen LogP contribution in [-0.2, 0) is 9.59 Å². The lowest BCUT2D eigenvalue weighted by molar-refractivity contribution is -0.137. The molecule has 2 unspecified atom stereocenters. The Morgan fingerprint density at radius 3 is 2.55 bits per heavy atom. The van der Waals surface area contributed by atoms with Gasteiger partial charge >= 0.3 is 5.97 Å². The van der Waals surface area contributed by atoms with Crippen LogP contribution in [0.25, 0.3) is 0 Å². The lowest BCUT2D eigenvalue weighted by Crippen LogP contribution is -2.43. The molecule has 0 aromatic heterocycles. The van der Waals surface area contributed by atoms with Crippen molar-refractivity contribution in [2.75, 3.05) is 4.90 Å². The van der Waals surface area contributed by atoms with Gasteiger partial charge < -0.3 is 15.1 Å². The van der Waals surface area contributed by atoms with Gasteiger partial charge in [-0.25, -0.2) is 0 Å². The van der Waals surface area contributed by atoms with E-state index in [1.807, 2.05) is 29.2 Å². The van der Waals surface area contributed by atoms with Gasteiger partial charge in [-0.15, -0.1) is 11.8 Å². The first kappa shape index (κ1) is 24.9. The third-order valence-electron chi connectivity index (χ3n) is 5.68. The highest BCUT2D eigenvalue weighted by molar-refractivity contribution is 5.94. The van der Waals surface area contributed by atoms with Crippen LogP contribution in [0.1, 0.15) is 96.6 Å². The fourth-order valence-electron chi connectivity index (χ4n) is 3.95. The van der Waals surface area contributed by atoms with Crippen molar-refractivity contribution in [3.05, 3.63) is 29.8 Å². The molecule has 1 aromatic carbocycles. The van der Waals surface area contributed by atoms with Gasteiger partial charge in [0.2, 0.25) is 5.91 Å². The lowest BCUT2D eigenvalue weighted by Gasteiger charge is -2.35. The molecule has 170 valence electrons. The van der Waals surface area contributed by atoms with E-state index in [0.717, 1.165) is 43.4 Å². The van der Waals surface area contributed by atoms with Crippen molar-refractivity contribution >= 4 is 17.6 Å². The van der Waals surface area contributed by atoms with E-state index in [-0.39, 0.29) is 23.8 Å². The van der Waals surface area contributed by atoms with Crippen LogP contribution in [0.3, 0.4) is 0 Å². The number of anilines is 1. The highest BCUT2D eigenvalue weighted by Gasteiger charge is 2.28. The van der Waals surface area contributed by atoms with E-state index in [4.69, 9.17) is 5.11 Å². The first-order valence-corrected chi connectivity index (χ1v) is 11.4. The molecule has 5 heteroatoms. The second-order valence-corrected chi connectivity index (χ2v) is 9.67. The van der Waals surface area contributed by atoms with E-state index >= 15 is 0 Å². The number of piperidine rings is 1. The van der Waals surface area contributed by atoms with Crippen LogP contribution >= 0.6 is 0 Å². The van der Waals surface area contributed by atoms with Gasteiger partial charge in [0.25, 0.3) is 0 Å². The maximum absolute atomic E-state index is 12.6. The van der Waals surface area contributed by atoms with Crippen molar-refractivity contribution in [1.82, 2.24) is 0 Å². The average molecular weight is 428 g/mol. The SMILES string of the molecule is CC(C)(C)CCCC(O)c1ccc(N2C(=O)CCCC2CC#CCCCC(=O)O)cc1. The second kappa shape index (κ2) is 11.9. The largest absolute Gasteiger partial charge is 0.481 e. The van der Waals surface area contributed by atoms with E-state index in [1.165, 1.54) is 0 Å². The number of aliphatic hydroxyl groups excluding tert-OH is 1. The molecule has 0 bridgehead atoms. The highest BCUT2D eigenvalue weighted by Crippen LogP contribution is 2.30. The zero-order valence-corrected chi connectivity index (χ0v) is 19.2. The van der Waals surface area contributed by atoms with Crippen LogP contribution in [0, 0.1) is 17.3 Å². The summed E-state index contributed by atoms with van der Waals surface area (Å²) >= 11 is 0. The quantitative estimate of drug-likeness (QED) is 0.405. The Hall–Kier alpha value is -2.32. The summed E-state index contributed by atoms with van der Waals surface area (Å²) in [5, 5.41) is 19.2. The van der Waals surface area contributed by atoms with Crippen LogP contribution in [-0.4, -0.2) is 28.1 Å². The van der Waals surface area contributed by atoms with Gasteiger partial charge in [0, 0.05) is 37.4 Å². The summed E-state index contributed by atoms with van der Waals surface area (Å²) in [6.07, 6.45) is 6.46. The summed E-state index contributed by atoms with van der Waals surface area (Å²) in [4.78, 5) is 25.0. The summed E-state index contributed by atoms with van der Waals surface area (Å²) in [5.41, 5.74) is 2.01. The molecule has 0 spiro atoms. The Kier molecular flexibility index (Phi) is 9.58. The Balaban J connectivity index is 1.97. The summed E-state index contributed by atoms with van der Waals surface area (Å²) < 4.78 is 0. The number of carbonyl (C=O) groups excluding carboxylic acids is 1. The van der Waals surface area contributed by atoms with Crippen molar-refractivity contribution in [2.45, 2.75) is 97.1 Å². The third kappa shape index (κ3) is 8.75. The van der Waals surface area contributed by atoms with Gasteiger partial charge in [0.05, 0.1) is 6.10 Å². The molecule has 0 radical (unpaired) electrons. The van der Waals surface area contributed by atoms with E-state index in [1.54, 1.807) is 0 Å². The zero-order valence-electron chi connectivity index (χ0n) is 19.2. The van der Waals surface area contributed by atoms with Crippen molar-refractivity contribution in [3.63, 3.8) is 0 Å². The van der Waals surface area contributed by atoms with Crippen molar-refractivity contribution in [1.29, 1.82) is 0 Å². The van der Waals surface area contributed by atoms with Gasteiger partial charge in [0.1, 0.15) is 0 Å². The van der Waals surface area contributed by atoms with Crippen LogP contribution in [0.15, 0.2) is 24.3 Å². The Morgan fingerprint density at radius 1 is 1.19 bits per heavy atom. The number of hydrogen-bond donors (Lipinski definition) is 2. The first-order valence-electron chi connectivity index (χ1n) is 11.4. The van der Waals surface area contributed by atoms with Crippen LogP contribution < -0.4 is 4.90 Å². The summed E-state index contributed by atoms with van der Waals surface area (Å²) in [7, 11) is 0. The van der Waals surface area contributed by atoms with Crippen molar-refractivity contribution in [2.24, 2.45) is 5.41 Å². The molecule has 2 rings (SSSR count). The van der Waals surface area contributed by atoms with Crippen molar-refractivity contribution < 1.29 is 19.8 Å². The van der Waals surface area contributed by atoms with Crippen LogP contribution in [0.4, 0.5) is 5.69 Å². The van der Waals surface area contributed by atoms with Crippen LogP contribution in [0.5, 0.6) is 0 Å². The molecule has 2 atom stereocenters. The normalized spacial score (nSPS) is 17.7. The predicted molar refractivity (Wildman–Crippen MR) is 124 cm³/mol. The lowest BCUT2D eigenvalue weighted by atomic mass is 9.88. The number of carbonyl (C=O) groups is 2. The second-order valence-electron chi connectivity index (χ2n) is 9.67. The summed E-state index contributed by atoms with van der Waals surface area (Å²) in [5.74, 6) is 5.50. The number of benzene rings is 1. The summed E-state index contributed by atoms with van der Waals surface area (Å²) in [6.45, 7) is 6.63. The molecule has 0 aliphatic carbocycles. The van der Waals surface area contributed by atoms with Gasteiger partial charge in [-0.3, -0.25) is 9.59 Å². The molecule has 1 amide bonds. The van der Waals surface area contributed by atoms with E-state index < -0.39 is 12.1 Å². The Labute approximate surface area is 186 Å². The standard InChI is InChI=1S/C26H37NO4/c1-26(2,3)19-9-12-23(28)20-15-17-22(18-16-20)27-21(11-8-13-24(27)29)10-6-4-5-7-14-25(30)31/h15-18,21,23,28H,5,7-14,19H2,1-3H3,(H,30,31).